The van der Waals surface area contributed by atoms with E-state index in [1.807, 2.05) is 34.6 Å². The third-order valence-electron chi connectivity index (χ3n) is 3.27. The smallest absolute Gasteiger partial charge is 0.221 e. The van der Waals surface area contributed by atoms with Gasteiger partial charge in [-0.2, -0.15) is 4.98 Å². The normalized spacial score (nSPS) is 11.8. The Morgan fingerprint density at radius 2 is 1.95 bits per heavy atom. The quantitative estimate of drug-likeness (QED) is 0.590. The zero-order valence-electron chi connectivity index (χ0n) is 13.3. The monoisotopic (exact) mass is 282 g/mol. The average molecular weight is 282 g/mol. The van der Waals surface area contributed by atoms with Crippen LogP contribution in [0.3, 0.4) is 0 Å². The predicted octanol–water partition coefficient (Wildman–Crippen LogP) is 2.39. The highest BCUT2D eigenvalue weighted by Gasteiger charge is 2.18. The van der Waals surface area contributed by atoms with Gasteiger partial charge in [0.1, 0.15) is 11.6 Å². The summed E-state index contributed by atoms with van der Waals surface area (Å²) in [7, 11) is 1.70. The highest BCUT2D eigenvalue weighted by atomic mass is 16.5. The number of ether oxygens (including phenoxy) is 2. The second-order valence-electron chi connectivity index (χ2n) is 5.72. The fourth-order valence-electron chi connectivity index (χ4n) is 1.55. The van der Waals surface area contributed by atoms with Crippen LogP contribution in [0.15, 0.2) is 0 Å². The van der Waals surface area contributed by atoms with Gasteiger partial charge in [-0.1, -0.05) is 13.8 Å². The molecule has 1 heterocycles. The molecular formula is C14H26N4O2. The van der Waals surface area contributed by atoms with Gasteiger partial charge in [0.05, 0.1) is 17.8 Å². The number of hydrogen-bond acceptors (Lipinski definition) is 6. The first kappa shape index (κ1) is 16.7. The summed E-state index contributed by atoms with van der Waals surface area (Å²) in [6, 6.07) is 0. The standard InChI is InChI=1S/C14H26N4O2/c1-9(2)11-16-12(18-15)10(3)13(17-11)20-8-7-14(4,5)19-6/h9H,7-8,15H2,1-6H3,(H,16,17,18). The molecule has 6 heteroatoms. The molecule has 0 spiro atoms. The Morgan fingerprint density at radius 3 is 2.45 bits per heavy atom. The van der Waals surface area contributed by atoms with Gasteiger partial charge >= 0.3 is 0 Å². The molecule has 0 fully saturated rings. The number of hydrazine groups is 1. The van der Waals surface area contributed by atoms with E-state index >= 15 is 0 Å². The lowest BCUT2D eigenvalue weighted by molar-refractivity contribution is 0.00499. The van der Waals surface area contributed by atoms with E-state index in [1.165, 1.54) is 0 Å². The molecule has 114 valence electrons. The summed E-state index contributed by atoms with van der Waals surface area (Å²) in [6.45, 7) is 10.5. The lowest BCUT2D eigenvalue weighted by Gasteiger charge is -2.23. The molecule has 0 aliphatic heterocycles. The molecule has 0 radical (unpaired) electrons. The Bertz CT molecular complexity index is 447. The van der Waals surface area contributed by atoms with Gasteiger partial charge < -0.3 is 14.9 Å². The van der Waals surface area contributed by atoms with Crippen LogP contribution >= 0.6 is 0 Å². The summed E-state index contributed by atoms with van der Waals surface area (Å²) in [6.07, 6.45) is 0.773. The molecule has 1 aromatic heterocycles. The summed E-state index contributed by atoms with van der Waals surface area (Å²) >= 11 is 0. The third kappa shape index (κ3) is 4.31. The first-order chi connectivity index (χ1) is 9.30. The number of methoxy groups -OCH3 is 1. The van der Waals surface area contributed by atoms with Gasteiger partial charge in [0.2, 0.25) is 5.88 Å². The fraction of sp³-hybridized carbons (Fsp3) is 0.714. The number of nitrogen functional groups attached to an aromatic ring is 1. The van der Waals surface area contributed by atoms with Crippen molar-refractivity contribution in [3.8, 4) is 5.88 Å². The topological polar surface area (TPSA) is 82.3 Å². The molecule has 20 heavy (non-hydrogen) atoms. The van der Waals surface area contributed by atoms with E-state index in [0.717, 1.165) is 12.0 Å². The molecule has 6 nitrogen and oxygen atoms in total. The minimum Gasteiger partial charge on any atom is -0.477 e. The molecule has 0 saturated heterocycles. The molecule has 0 saturated carbocycles. The van der Waals surface area contributed by atoms with E-state index < -0.39 is 0 Å². The van der Waals surface area contributed by atoms with Crippen molar-refractivity contribution < 1.29 is 9.47 Å². The first-order valence-corrected chi connectivity index (χ1v) is 6.84. The Labute approximate surface area is 121 Å². The van der Waals surface area contributed by atoms with E-state index in [0.29, 0.717) is 24.1 Å². The number of rotatable bonds is 7. The van der Waals surface area contributed by atoms with E-state index in [2.05, 4.69) is 15.4 Å². The SMILES string of the molecule is COC(C)(C)CCOc1nc(C(C)C)nc(NN)c1C. The Morgan fingerprint density at radius 1 is 1.30 bits per heavy atom. The van der Waals surface area contributed by atoms with Gasteiger partial charge in [0.25, 0.3) is 0 Å². The highest BCUT2D eigenvalue weighted by Crippen LogP contribution is 2.25. The Hall–Kier alpha value is -1.40. The van der Waals surface area contributed by atoms with Crippen molar-refractivity contribution in [3.05, 3.63) is 11.4 Å². The third-order valence-corrected chi connectivity index (χ3v) is 3.27. The molecule has 1 rings (SSSR count). The minimum atomic E-state index is -0.212. The number of nitrogens with two attached hydrogens (primary N) is 1. The maximum atomic E-state index is 5.78. The highest BCUT2D eigenvalue weighted by molar-refractivity contribution is 5.47. The fourth-order valence-corrected chi connectivity index (χ4v) is 1.55. The van der Waals surface area contributed by atoms with Crippen LogP contribution < -0.4 is 16.0 Å². The van der Waals surface area contributed by atoms with Gasteiger partial charge in [-0.05, 0) is 20.8 Å². The van der Waals surface area contributed by atoms with Crippen LogP contribution in [0.5, 0.6) is 5.88 Å². The number of nitrogens with zero attached hydrogens (tertiary/aromatic N) is 2. The predicted molar refractivity (Wildman–Crippen MR) is 79.9 cm³/mol. The summed E-state index contributed by atoms with van der Waals surface area (Å²) in [5.41, 5.74) is 3.19. The summed E-state index contributed by atoms with van der Waals surface area (Å²) in [4.78, 5) is 8.83. The zero-order chi connectivity index (χ0) is 15.3. The van der Waals surface area contributed by atoms with E-state index in [1.54, 1.807) is 7.11 Å². The van der Waals surface area contributed by atoms with Crippen molar-refractivity contribution in [2.45, 2.75) is 52.6 Å². The zero-order valence-corrected chi connectivity index (χ0v) is 13.3. The molecule has 0 aliphatic rings. The first-order valence-electron chi connectivity index (χ1n) is 6.84. The van der Waals surface area contributed by atoms with E-state index in [9.17, 15) is 0 Å². The van der Waals surface area contributed by atoms with Crippen molar-refractivity contribution in [1.82, 2.24) is 9.97 Å². The summed E-state index contributed by atoms with van der Waals surface area (Å²) in [5.74, 6) is 7.59. The molecule has 0 amide bonds. The second kappa shape index (κ2) is 6.85. The van der Waals surface area contributed by atoms with Crippen molar-refractivity contribution in [1.29, 1.82) is 0 Å². The molecule has 0 aliphatic carbocycles. The lowest BCUT2D eigenvalue weighted by atomic mass is 10.1. The van der Waals surface area contributed by atoms with Crippen LogP contribution in [0.1, 0.15) is 51.4 Å². The van der Waals surface area contributed by atoms with Gasteiger partial charge in [0.15, 0.2) is 0 Å². The number of aromatic nitrogens is 2. The Balaban J connectivity index is 2.86. The molecule has 0 aromatic carbocycles. The van der Waals surface area contributed by atoms with Crippen LogP contribution in [0, 0.1) is 6.92 Å². The largest absolute Gasteiger partial charge is 0.477 e. The van der Waals surface area contributed by atoms with Crippen LogP contribution in [-0.2, 0) is 4.74 Å². The van der Waals surface area contributed by atoms with E-state index in [-0.39, 0.29) is 11.5 Å². The van der Waals surface area contributed by atoms with Crippen molar-refractivity contribution in [2.24, 2.45) is 5.84 Å². The molecule has 1 aromatic rings. The minimum absolute atomic E-state index is 0.209. The van der Waals surface area contributed by atoms with Gasteiger partial charge in [0, 0.05) is 19.4 Å². The maximum absolute atomic E-state index is 5.78. The number of anilines is 1. The summed E-state index contributed by atoms with van der Waals surface area (Å²) in [5, 5.41) is 0. The average Bonchev–Trinajstić information content (AvgIpc) is 2.40. The molecular weight excluding hydrogens is 256 g/mol. The summed E-state index contributed by atoms with van der Waals surface area (Å²) < 4.78 is 11.1. The van der Waals surface area contributed by atoms with Gasteiger partial charge in [-0.3, -0.25) is 0 Å². The van der Waals surface area contributed by atoms with Crippen molar-refractivity contribution in [3.63, 3.8) is 0 Å². The molecule has 0 bridgehead atoms. The van der Waals surface area contributed by atoms with Crippen molar-refractivity contribution >= 4 is 5.82 Å². The Kier molecular flexibility index (Phi) is 5.71. The van der Waals surface area contributed by atoms with Crippen LogP contribution in [0.4, 0.5) is 5.82 Å². The van der Waals surface area contributed by atoms with Crippen molar-refractivity contribution in [2.75, 3.05) is 19.1 Å². The second-order valence-corrected chi connectivity index (χ2v) is 5.72. The molecule has 0 atom stereocenters. The van der Waals surface area contributed by atoms with Gasteiger partial charge in [-0.15, -0.1) is 0 Å². The maximum Gasteiger partial charge on any atom is 0.221 e. The van der Waals surface area contributed by atoms with Crippen LogP contribution in [0.25, 0.3) is 0 Å². The number of nitrogens with one attached hydrogen (secondary N) is 1. The molecule has 3 N–H and O–H groups in total. The van der Waals surface area contributed by atoms with Gasteiger partial charge in [-0.25, -0.2) is 10.8 Å². The molecule has 0 unspecified atom stereocenters. The lowest BCUT2D eigenvalue weighted by Crippen LogP contribution is -2.25. The van der Waals surface area contributed by atoms with E-state index in [4.69, 9.17) is 15.3 Å². The van der Waals surface area contributed by atoms with Crippen LogP contribution in [0.2, 0.25) is 0 Å². The number of hydrogen-bond donors (Lipinski definition) is 2. The van der Waals surface area contributed by atoms with Crippen LogP contribution in [-0.4, -0.2) is 29.3 Å².